The Morgan fingerprint density at radius 1 is 1.29 bits per heavy atom. The Bertz CT molecular complexity index is 522. The number of hydrogen-bond acceptors (Lipinski definition) is 3. The van der Waals surface area contributed by atoms with Gasteiger partial charge in [0.25, 0.3) is 0 Å². The number of nitrogens with two attached hydrogens (primary N) is 1. The Hall–Kier alpha value is -1.19. The molecule has 0 fully saturated rings. The number of thiophene rings is 1. The highest BCUT2D eigenvalue weighted by molar-refractivity contribution is 7.16. The summed E-state index contributed by atoms with van der Waals surface area (Å²) in [5, 5.41) is 0. The van der Waals surface area contributed by atoms with Crippen LogP contribution < -0.4 is 10.6 Å². The van der Waals surface area contributed by atoms with Crippen LogP contribution in [0.1, 0.15) is 10.4 Å². The van der Waals surface area contributed by atoms with E-state index < -0.39 is 0 Å². The van der Waals surface area contributed by atoms with Crippen LogP contribution in [0.2, 0.25) is 4.34 Å². The third-order valence-electron chi connectivity index (χ3n) is 2.78. The zero-order valence-electron chi connectivity index (χ0n) is 9.90. The normalized spacial score (nSPS) is 10.5. The first-order chi connectivity index (χ1) is 8.08. The molecule has 4 heteroatoms. The van der Waals surface area contributed by atoms with E-state index in [1.54, 1.807) is 11.3 Å². The van der Waals surface area contributed by atoms with Crippen molar-refractivity contribution >= 4 is 34.3 Å². The number of benzene rings is 1. The monoisotopic (exact) mass is 266 g/mol. The predicted octanol–water partition coefficient (Wildman–Crippen LogP) is 3.93. The van der Waals surface area contributed by atoms with Crippen molar-refractivity contribution < 1.29 is 0 Å². The Labute approximate surface area is 111 Å². The second-order valence-electron chi connectivity index (χ2n) is 4.05. The highest BCUT2D eigenvalue weighted by Crippen LogP contribution is 2.27. The number of rotatable bonds is 3. The molecule has 0 unspecified atom stereocenters. The minimum atomic E-state index is 0.831. The highest BCUT2D eigenvalue weighted by Gasteiger charge is 2.08. The molecule has 0 aliphatic heterocycles. The molecule has 2 aromatic rings. The van der Waals surface area contributed by atoms with Crippen LogP contribution in [0, 0.1) is 6.92 Å². The van der Waals surface area contributed by atoms with Gasteiger partial charge in [-0.2, -0.15) is 0 Å². The van der Waals surface area contributed by atoms with Crippen LogP contribution in [-0.4, -0.2) is 7.05 Å². The quantitative estimate of drug-likeness (QED) is 0.853. The van der Waals surface area contributed by atoms with Crippen LogP contribution >= 0.6 is 22.9 Å². The average Bonchev–Trinajstić information content (AvgIpc) is 2.68. The fraction of sp³-hybridized carbons (Fsp3) is 0.231. The molecule has 0 aliphatic rings. The van der Waals surface area contributed by atoms with E-state index in [1.807, 2.05) is 25.1 Å². The number of nitrogen functional groups attached to an aromatic ring is 1. The van der Waals surface area contributed by atoms with Crippen molar-refractivity contribution in [3.8, 4) is 0 Å². The summed E-state index contributed by atoms with van der Waals surface area (Å²) in [6.07, 6.45) is 0. The largest absolute Gasteiger partial charge is 0.398 e. The number of hydrogen-bond donors (Lipinski definition) is 1. The van der Waals surface area contributed by atoms with Crippen molar-refractivity contribution in [3.63, 3.8) is 0 Å². The van der Waals surface area contributed by atoms with Gasteiger partial charge in [-0.25, -0.2) is 0 Å². The van der Waals surface area contributed by atoms with Gasteiger partial charge in [-0.3, -0.25) is 0 Å². The molecule has 0 spiro atoms. The summed E-state index contributed by atoms with van der Waals surface area (Å²) >= 11 is 7.54. The molecule has 0 saturated carbocycles. The Kier molecular flexibility index (Phi) is 3.60. The van der Waals surface area contributed by atoms with Crippen LogP contribution in [0.5, 0.6) is 0 Å². The molecule has 2 rings (SSSR count). The van der Waals surface area contributed by atoms with E-state index in [4.69, 9.17) is 17.3 Å². The number of nitrogens with zero attached hydrogens (tertiary/aromatic N) is 1. The second-order valence-corrected chi connectivity index (χ2v) is 5.85. The van der Waals surface area contributed by atoms with E-state index in [1.165, 1.54) is 4.88 Å². The summed E-state index contributed by atoms with van der Waals surface area (Å²) in [7, 11) is 2.06. The molecule has 0 aliphatic carbocycles. The van der Waals surface area contributed by atoms with Crippen molar-refractivity contribution in [2.75, 3.05) is 17.7 Å². The smallest absolute Gasteiger partial charge is 0.0931 e. The van der Waals surface area contributed by atoms with Crippen LogP contribution in [0.15, 0.2) is 30.3 Å². The summed E-state index contributed by atoms with van der Waals surface area (Å²) in [6, 6.07) is 9.98. The first-order valence-corrected chi connectivity index (χ1v) is 6.58. The molecule has 0 radical (unpaired) electrons. The highest BCUT2D eigenvalue weighted by atomic mass is 35.5. The van der Waals surface area contributed by atoms with Crippen LogP contribution in [-0.2, 0) is 6.54 Å². The fourth-order valence-electron chi connectivity index (χ4n) is 1.81. The zero-order chi connectivity index (χ0) is 12.4. The molecule has 1 aromatic carbocycles. The average molecular weight is 267 g/mol. The van der Waals surface area contributed by atoms with Gasteiger partial charge in [0.15, 0.2) is 0 Å². The summed E-state index contributed by atoms with van der Waals surface area (Å²) in [5.74, 6) is 0. The van der Waals surface area contributed by atoms with Gasteiger partial charge in [-0.1, -0.05) is 17.7 Å². The van der Waals surface area contributed by atoms with Crippen molar-refractivity contribution in [2.45, 2.75) is 13.5 Å². The lowest BCUT2D eigenvalue weighted by Gasteiger charge is -2.21. The number of halogens is 1. The van der Waals surface area contributed by atoms with Crippen molar-refractivity contribution in [1.29, 1.82) is 0 Å². The molecular weight excluding hydrogens is 252 g/mol. The summed E-state index contributed by atoms with van der Waals surface area (Å²) < 4.78 is 0.831. The summed E-state index contributed by atoms with van der Waals surface area (Å²) in [6.45, 7) is 2.89. The Morgan fingerprint density at radius 2 is 2.06 bits per heavy atom. The minimum Gasteiger partial charge on any atom is -0.398 e. The van der Waals surface area contributed by atoms with Crippen LogP contribution in [0.25, 0.3) is 0 Å². The fourth-order valence-corrected chi connectivity index (χ4v) is 2.95. The predicted molar refractivity (Wildman–Crippen MR) is 77.0 cm³/mol. The molecule has 1 heterocycles. The number of anilines is 2. The summed E-state index contributed by atoms with van der Waals surface area (Å²) in [4.78, 5) is 3.44. The van der Waals surface area contributed by atoms with Gasteiger partial charge in [0.05, 0.1) is 10.9 Å². The van der Waals surface area contributed by atoms with Crippen LogP contribution in [0.3, 0.4) is 0 Å². The molecular formula is C13H15ClN2S. The van der Waals surface area contributed by atoms with E-state index in [0.717, 1.165) is 27.8 Å². The van der Waals surface area contributed by atoms with Gasteiger partial charge < -0.3 is 10.6 Å². The topological polar surface area (TPSA) is 29.3 Å². The Morgan fingerprint density at radius 3 is 2.71 bits per heavy atom. The van der Waals surface area contributed by atoms with E-state index in [9.17, 15) is 0 Å². The molecule has 2 N–H and O–H groups in total. The first kappa shape index (κ1) is 12.3. The summed E-state index contributed by atoms with van der Waals surface area (Å²) in [5.41, 5.74) is 9.03. The van der Waals surface area contributed by atoms with Gasteiger partial charge in [0.2, 0.25) is 0 Å². The maximum atomic E-state index is 5.93. The zero-order valence-corrected chi connectivity index (χ0v) is 11.5. The molecule has 0 saturated heterocycles. The maximum absolute atomic E-state index is 5.93. The molecule has 1 aromatic heterocycles. The van der Waals surface area contributed by atoms with Gasteiger partial charge in [0.1, 0.15) is 0 Å². The maximum Gasteiger partial charge on any atom is 0.0931 e. The lowest BCUT2D eigenvalue weighted by molar-refractivity contribution is 0.934. The molecule has 0 bridgehead atoms. The van der Waals surface area contributed by atoms with Gasteiger partial charge in [-0.15, -0.1) is 11.3 Å². The van der Waals surface area contributed by atoms with E-state index in [0.29, 0.717) is 0 Å². The van der Waals surface area contributed by atoms with Crippen molar-refractivity contribution in [2.24, 2.45) is 0 Å². The van der Waals surface area contributed by atoms with Gasteiger partial charge >= 0.3 is 0 Å². The van der Waals surface area contributed by atoms with Crippen LogP contribution in [0.4, 0.5) is 11.4 Å². The lowest BCUT2D eigenvalue weighted by Crippen LogP contribution is -2.17. The molecule has 90 valence electrons. The third-order valence-corrected chi connectivity index (χ3v) is 4.00. The molecule has 2 nitrogen and oxygen atoms in total. The van der Waals surface area contributed by atoms with Gasteiger partial charge in [-0.05, 0) is 36.8 Å². The molecule has 0 amide bonds. The molecule has 17 heavy (non-hydrogen) atoms. The van der Waals surface area contributed by atoms with Crippen molar-refractivity contribution in [3.05, 3.63) is 45.1 Å². The van der Waals surface area contributed by atoms with Crippen molar-refractivity contribution in [1.82, 2.24) is 0 Å². The minimum absolute atomic E-state index is 0.831. The second kappa shape index (κ2) is 4.98. The van der Waals surface area contributed by atoms with E-state index in [2.05, 4.69) is 24.1 Å². The van der Waals surface area contributed by atoms with E-state index >= 15 is 0 Å². The standard InChI is InChI=1S/C13H15ClN2S/c1-9-11(15)4-3-5-12(9)16(2)8-10-6-7-13(14)17-10/h3-7H,8,15H2,1-2H3. The lowest BCUT2D eigenvalue weighted by atomic mass is 10.1. The first-order valence-electron chi connectivity index (χ1n) is 5.38. The van der Waals surface area contributed by atoms with Gasteiger partial charge in [0, 0.05) is 23.3 Å². The SMILES string of the molecule is Cc1c(N)cccc1N(C)Cc1ccc(Cl)s1. The molecule has 0 atom stereocenters. The Balaban J connectivity index is 2.20. The third kappa shape index (κ3) is 2.73. The van der Waals surface area contributed by atoms with E-state index in [-0.39, 0.29) is 0 Å².